The van der Waals surface area contributed by atoms with Crippen LogP contribution >= 0.6 is 0 Å². The summed E-state index contributed by atoms with van der Waals surface area (Å²) in [7, 11) is 0. The number of piperidine rings is 3. The summed E-state index contributed by atoms with van der Waals surface area (Å²) >= 11 is 0. The van der Waals surface area contributed by atoms with E-state index < -0.39 is 0 Å². The van der Waals surface area contributed by atoms with Crippen molar-refractivity contribution >= 4 is 0 Å². The third-order valence-corrected chi connectivity index (χ3v) is 3.53. The molecule has 2 bridgehead atoms. The highest BCUT2D eigenvalue weighted by molar-refractivity contribution is 4.97. The topological polar surface area (TPSA) is 23.5 Å². The van der Waals surface area contributed by atoms with E-state index in [1.54, 1.807) is 0 Å². The van der Waals surface area contributed by atoms with Gasteiger partial charge in [-0.3, -0.25) is 0 Å². The molecule has 2 nitrogen and oxygen atoms in total. The lowest BCUT2D eigenvalue weighted by atomic mass is 9.73. The molecular formula is C10H19NO. The summed E-state index contributed by atoms with van der Waals surface area (Å²) in [5.41, 5.74) is -0.328. The largest absolute Gasteiger partial charge is 0.388 e. The van der Waals surface area contributed by atoms with Crippen LogP contribution in [-0.2, 0) is 0 Å². The van der Waals surface area contributed by atoms with Crippen LogP contribution in [0.4, 0.5) is 0 Å². The van der Waals surface area contributed by atoms with Gasteiger partial charge in [-0.15, -0.1) is 0 Å². The Hall–Kier alpha value is -0.0800. The molecule has 0 spiro atoms. The average molecular weight is 169 g/mol. The smallest absolute Gasteiger partial charge is 0.0802 e. The highest BCUT2D eigenvalue weighted by Crippen LogP contribution is 2.38. The first-order chi connectivity index (χ1) is 5.74. The Kier molecular flexibility index (Phi) is 2.13. The quantitative estimate of drug-likeness (QED) is 0.672. The maximum atomic E-state index is 10.3. The number of rotatable bonds is 2. The first kappa shape index (κ1) is 8.52. The van der Waals surface area contributed by atoms with E-state index in [0.717, 1.165) is 19.4 Å². The molecule has 12 heavy (non-hydrogen) atoms. The van der Waals surface area contributed by atoms with Gasteiger partial charge in [-0.1, -0.05) is 13.3 Å². The second kappa shape index (κ2) is 3.00. The van der Waals surface area contributed by atoms with Gasteiger partial charge in [0.05, 0.1) is 5.60 Å². The number of hydrogen-bond donors (Lipinski definition) is 1. The van der Waals surface area contributed by atoms with Crippen LogP contribution in [0.5, 0.6) is 0 Å². The molecule has 2 heteroatoms. The Bertz CT molecular complexity index is 163. The Balaban J connectivity index is 2.06. The molecule has 3 saturated heterocycles. The SMILES string of the molecule is CCCC1(O)CN2CCC1CC2. The van der Waals surface area contributed by atoms with Gasteiger partial charge in [0.15, 0.2) is 0 Å². The lowest BCUT2D eigenvalue weighted by Crippen LogP contribution is -2.58. The molecule has 3 heterocycles. The van der Waals surface area contributed by atoms with Crippen molar-refractivity contribution in [2.45, 2.75) is 38.2 Å². The Labute approximate surface area is 74.6 Å². The maximum Gasteiger partial charge on any atom is 0.0802 e. The van der Waals surface area contributed by atoms with Crippen molar-refractivity contribution in [3.63, 3.8) is 0 Å². The number of hydrogen-bond acceptors (Lipinski definition) is 2. The third kappa shape index (κ3) is 1.27. The van der Waals surface area contributed by atoms with Gasteiger partial charge < -0.3 is 10.0 Å². The second-order valence-corrected chi connectivity index (χ2v) is 4.40. The standard InChI is InChI=1S/C10H19NO/c1-2-5-10(12)8-11-6-3-9(10)4-7-11/h9,12H,2-8H2,1H3. The predicted molar refractivity (Wildman–Crippen MR) is 49.0 cm³/mol. The molecule has 0 aromatic heterocycles. The van der Waals surface area contributed by atoms with Crippen LogP contribution in [-0.4, -0.2) is 35.2 Å². The van der Waals surface area contributed by atoms with E-state index in [4.69, 9.17) is 0 Å². The van der Waals surface area contributed by atoms with Crippen molar-refractivity contribution in [1.29, 1.82) is 0 Å². The van der Waals surface area contributed by atoms with E-state index in [2.05, 4.69) is 11.8 Å². The van der Waals surface area contributed by atoms with Crippen LogP contribution in [0.2, 0.25) is 0 Å². The molecule has 70 valence electrons. The molecule has 1 unspecified atom stereocenters. The van der Waals surface area contributed by atoms with E-state index in [1.165, 1.54) is 25.9 Å². The van der Waals surface area contributed by atoms with E-state index >= 15 is 0 Å². The van der Waals surface area contributed by atoms with Gasteiger partial charge in [-0.2, -0.15) is 0 Å². The highest BCUT2D eigenvalue weighted by Gasteiger charge is 2.44. The molecular weight excluding hydrogens is 150 g/mol. The summed E-state index contributed by atoms with van der Waals surface area (Å²) in [6.45, 7) is 5.54. The van der Waals surface area contributed by atoms with Gasteiger partial charge >= 0.3 is 0 Å². The van der Waals surface area contributed by atoms with E-state index in [9.17, 15) is 5.11 Å². The van der Waals surface area contributed by atoms with Gasteiger partial charge in [0.2, 0.25) is 0 Å². The minimum Gasteiger partial charge on any atom is -0.388 e. The summed E-state index contributed by atoms with van der Waals surface area (Å²) < 4.78 is 0. The van der Waals surface area contributed by atoms with Crippen molar-refractivity contribution in [2.75, 3.05) is 19.6 Å². The predicted octanol–water partition coefficient (Wildman–Crippen LogP) is 1.24. The molecule has 0 amide bonds. The highest BCUT2D eigenvalue weighted by atomic mass is 16.3. The number of nitrogens with zero attached hydrogens (tertiary/aromatic N) is 1. The molecule has 0 aliphatic carbocycles. The van der Waals surface area contributed by atoms with E-state index in [1.807, 2.05) is 0 Å². The van der Waals surface area contributed by atoms with Crippen molar-refractivity contribution < 1.29 is 5.11 Å². The third-order valence-electron chi connectivity index (χ3n) is 3.53. The van der Waals surface area contributed by atoms with Crippen molar-refractivity contribution in [3.8, 4) is 0 Å². The van der Waals surface area contributed by atoms with E-state index in [-0.39, 0.29) is 5.60 Å². The average Bonchev–Trinajstić information content (AvgIpc) is 2.05. The molecule has 3 aliphatic heterocycles. The number of aliphatic hydroxyl groups is 1. The Morgan fingerprint density at radius 3 is 2.50 bits per heavy atom. The van der Waals surface area contributed by atoms with Crippen LogP contribution in [0, 0.1) is 5.92 Å². The zero-order chi connectivity index (χ0) is 8.60. The number of fused-ring (bicyclic) bond motifs is 3. The fourth-order valence-electron chi connectivity index (χ4n) is 2.86. The van der Waals surface area contributed by atoms with E-state index in [0.29, 0.717) is 5.92 Å². The minimum absolute atomic E-state index is 0.328. The Morgan fingerprint density at radius 1 is 1.42 bits per heavy atom. The summed E-state index contributed by atoms with van der Waals surface area (Å²) in [6.07, 6.45) is 4.54. The zero-order valence-electron chi connectivity index (χ0n) is 7.92. The van der Waals surface area contributed by atoms with Crippen LogP contribution in [0.1, 0.15) is 32.6 Å². The molecule has 0 saturated carbocycles. The lowest BCUT2D eigenvalue weighted by molar-refractivity contribution is -0.116. The molecule has 0 aromatic carbocycles. The molecule has 1 atom stereocenters. The summed E-state index contributed by atoms with van der Waals surface area (Å²) in [5.74, 6) is 0.599. The second-order valence-electron chi connectivity index (χ2n) is 4.40. The zero-order valence-corrected chi connectivity index (χ0v) is 7.92. The first-order valence-electron chi connectivity index (χ1n) is 5.19. The molecule has 3 rings (SSSR count). The van der Waals surface area contributed by atoms with Gasteiger partial charge in [0.1, 0.15) is 0 Å². The molecule has 0 aromatic rings. The van der Waals surface area contributed by atoms with Crippen LogP contribution in [0.15, 0.2) is 0 Å². The van der Waals surface area contributed by atoms with Gasteiger partial charge in [0, 0.05) is 6.54 Å². The monoisotopic (exact) mass is 169 g/mol. The van der Waals surface area contributed by atoms with Crippen LogP contribution < -0.4 is 0 Å². The molecule has 0 radical (unpaired) electrons. The minimum atomic E-state index is -0.328. The van der Waals surface area contributed by atoms with Crippen molar-refractivity contribution in [2.24, 2.45) is 5.92 Å². The van der Waals surface area contributed by atoms with Crippen molar-refractivity contribution in [3.05, 3.63) is 0 Å². The summed E-state index contributed by atoms with van der Waals surface area (Å²) in [5, 5.41) is 10.3. The lowest BCUT2D eigenvalue weighted by Gasteiger charge is -2.50. The van der Waals surface area contributed by atoms with Gasteiger partial charge in [-0.05, 0) is 38.3 Å². The molecule has 1 N–H and O–H groups in total. The maximum absolute atomic E-state index is 10.3. The van der Waals surface area contributed by atoms with Gasteiger partial charge in [-0.25, -0.2) is 0 Å². The molecule has 3 aliphatic rings. The van der Waals surface area contributed by atoms with Crippen LogP contribution in [0.3, 0.4) is 0 Å². The Morgan fingerprint density at radius 2 is 2.08 bits per heavy atom. The molecule has 3 fully saturated rings. The van der Waals surface area contributed by atoms with Crippen LogP contribution in [0.25, 0.3) is 0 Å². The van der Waals surface area contributed by atoms with Gasteiger partial charge in [0.25, 0.3) is 0 Å². The normalized spacial score (nSPS) is 46.5. The summed E-state index contributed by atoms with van der Waals surface area (Å²) in [4.78, 5) is 2.41. The van der Waals surface area contributed by atoms with Crippen molar-refractivity contribution in [1.82, 2.24) is 4.90 Å². The fourth-order valence-corrected chi connectivity index (χ4v) is 2.86. The first-order valence-corrected chi connectivity index (χ1v) is 5.19. The fraction of sp³-hybridized carbons (Fsp3) is 1.00. The summed E-state index contributed by atoms with van der Waals surface area (Å²) in [6, 6.07) is 0.